The van der Waals surface area contributed by atoms with Crippen LogP contribution in [0.4, 0.5) is 0 Å². The minimum Gasteiger partial charge on any atom is -0.393 e. The van der Waals surface area contributed by atoms with Crippen molar-refractivity contribution in [3.8, 4) is 11.8 Å². The highest BCUT2D eigenvalue weighted by atomic mass is 127. The van der Waals surface area contributed by atoms with Gasteiger partial charge in [-0.1, -0.05) is 86.5 Å². The molecule has 0 saturated heterocycles. The summed E-state index contributed by atoms with van der Waals surface area (Å²) in [7, 11) is 0. The lowest BCUT2D eigenvalue weighted by Crippen LogP contribution is -2.52. The zero-order chi connectivity index (χ0) is 24.2. The van der Waals surface area contributed by atoms with Gasteiger partial charge in [0, 0.05) is 6.42 Å². The number of fused-ring (bicyclic) bond motifs is 5. The fraction of sp³-hybridized carbons (Fsp3) is 0.839. The maximum absolute atomic E-state index is 12.9. The Hall–Kier alpha value is -0.340. The van der Waals surface area contributed by atoms with Gasteiger partial charge in [0.2, 0.25) is 0 Å². The van der Waals surface area contributed by atoms with Gasteiger partial charge in [0.1, 0.15) is 0 Å². The standard InChI is InChI=1S/C31H47IO2/c1-30-19-18-27-25(26(30)16-17-29(30)34)15-14-24-21-28(33)23(22-31(24,27)2)13-11-9-7-5-3-4-6-8-10-12-20-32/h21,23,25-27,29,34H,3-10,12,14-20,22H2,1-2H3/t23?,25?,26?,27?,29-,30+,31+/m1/s1. The van der Waals surface area contributed by atoms with Crippen molar-refractivity contribution >= 4 is 28.4 Å². The van der Waals surface area contributed by atoms with Crippen LogP contribution in [0, 0.1) is 46.3 Å². The second kappa shape index (κ2) is 11.8. The van der Waals surface area contributed by atoms with Crippen LogP contribution in [0.25, 0.3) is 0 Å². The first kappa shape index (κ1) is 26.7. The van der Waals surface area contributed by atoms with Crippen molar-refractivity contribution in [2.24, 2.45) is 34.5 Å². The molecule has 34 heavy (non-hydrogen) atoms. The van der Waals surface area contributed by atoms with E-state index in [1.807, 2.05) is 6.08 Å². The van der Waals surface area contributed by atoms with Crippen molar-refractivity contribution in [3.63, 3.8) is 0 Å². The topological polar surface area (TPSA) is 37.3 Å². The van der Waals surface area contributed by atoms with Crippen LogP contribution in [0.3, 0.4) is 0 Å². The maximum atomic E-state index is 12.9. The van der Waals surface area contributed by atoms with Gasteiger partial charge in [0.15, 0.2) is 5.78 Å². The summed E-state index contributed by atoms with van der Waals surface area (Å²) in [5.74, 6) is 9.02. The molecule has 4 aliphatic rings. The Morgan fingerprint density at radius 1 is 0.971 bits per heavy atom. The number of aliphatic hydroxyl groups excluding tert-OH is 1. The molecular formula is C31H47IO2. The van der Waals surface area contributed by atoms with Gasteiger partial charge < -0.3 is 5.11 Å². The quantitative estimate of drug-likeness (QED) is 0.130. The second-order valence-corrected chi connectivity index (χ2v) is 13.5. The van der Waals surface area contributed by atoms with Crippen LogP contribution in [-0.2, 0) is 4.79 Å². The summed E-state index contributed by atoms with van der Waals surface area (Å²) in [5, 5.41) is 10.7. The van der Waals surface area contributed by atoms with Gasteiger partial charge in [0.05, 0.1) is 12.0 Å². The number of alkyl halides is 1. The number of halogens is 1. The molecular weight excluding hydrogens is 531 g/mol. The summed E-state index contributed by atoms with van der Waals surface area (Å²) < 4.78 is 1.29. The zero-order valence-corrected chi connectivity index (χ0v) is 23.9. The number of hydrogen-bond acceptors (Lipinski definition) is 2. The number of hydrogen-bond donors (Lipinski definition) is 1. The third-order valence-corrected chi connectivity index (χ3v) is 11.2. The molecule has 0 heterocycles. The van der Waals surface area contributed by atoms with Crippen LogP contribution in [0.1, 0.15) is 117 Å². The molecule has 0 bridgehead atoms. The lowest BCUT2D eigenvalue weighted by Gasteiger charge is -2.58. The first-order valence-corrected chi connectivity index (χ1v) is 15.9. The SMILES string of the molecule is C[C@]12CC(C#CCCCCCCCCCCI)C(=O)C=C1CCC1C2CC[C@@]2(C)C1CC[C@H]2O. The highest BCUT2D eigenvalue weighted by Gasteiger charge is 2.59. The lowest BCUT2D eigenvalue weighted by atomic mass is 9.46. The predicted molar refractivity (Wildman–Crippen MR) is 150 cm³/mol. The Labute approximate surface area is 222 Å². The Morgan fingerprint density at radius 3 is 2.41 bits per heavy atom. The largest absolute Gasteiger partial charge is 0.393 e. The molecule has 1 N–H and O–H groups in total. The lowest BCUT2D eigenvalue weighted by molar-refractivity contribution is -0.120. The average Bonchev–Trinajstić information content (AvgIpc) is 3.12. The number of rotatable bonds is 9. The van der Waals surface area contributed by atoms with Gasteiger partial charge >= 0.3 is 0 Å². The highest BCUT2D eigenvalue weighted by molar-refractivity contribution is 14.1. The molecule has 4 unspecified atom stereocenters. The van der Waals surface area contributed by atoms with Gasteiger partial charge in [-0.2, -0.15) is 0 Å². The van der Waals surface area contributed by atoms with Gasteiger partial charge in [-0.3, -0.25) is 4.79 Å². The summed E-state index contributed by atoms with van der Waals surface area (Å²) in [6.45, 7) is 4.80. The van der Waals surface area contributed by atoms with E-state index >= 15 is 0 Å². The van der Waals surface area contributed by atoms with E-state index in [9.17, 15) is 9.90 Å². The Bertz CT molecular complexity index is 806. The van der Waals surface area contributed by atoms with E-state index in [0.717, 1.165) is 32.1 Å². The van der Waals surface area contributed by atoms with Crippen LogP contribution in [0.2, 0.25) is 0 Å². The molecule has 7 atom stereocenters. The fourth-order valence-electron chi connectivity index (χ4n) is 8.30. The van der Waals surface area contributed by atoms with Gasteiger partial charge in [-0.25, -0.2) is 0 Å². The number of aliphatic hydroxyl groups is 1. The van der Waals surface area contributed by atoms with Gasteiger partial charge in [0.25, 0.3) is 0 Å². The molecule has 3 fully saturated rings. The smallest absolute Gasteiger partial charge is 0.170 e. The first-order valence-electron chi connectivity index (χ1n) is 14.4. The molecule has 0 aromatic heterocycles. The average molecular weight is 579 g/mol. The van der Waals surface area contributed by atoms with E-state index in [4.69, 9.17) is 0 Å². The minimum absolute atomic E-state index is 0.104. The summed E-state index contributed by atoms with van der Waals surface area (Å²) in [5.41, 5.74) is 1.66. The summed E-state index contributed by atoms with van der Waals surface area (Å²) in [6, 6.07) is 0. The number of carbonyl (C=O) groups excluding carboxylic acids is 1. The van der Waals surface area contributed by atoms with Crippen molar-refractivity contribution in [1.82, 2.24) is 0 Å². The molecule has 3 saturated carbocycles. The van der Waals surface area contributed by atoms with Crippen LogP contribution in [0.5, 0.6) is 0 Å². The minimum atomic E-state index is -0.115. The van der Waals surface area contributed by atoms with Crippen molar-refractivity contribution in [3.05, 3.63) is 11.6 Å². The van der Waals surface area contributed by atoms with Gasteiger partial charge in [-0.15, -0.1) is 5.92 Å². The Balaban J connectivity index is 1.29. The van der Waals surface area contributed by atoms with Gasteiger partial charge in [-0.05, 0) is 96.9 Å². The van der Waals surface area contributed by atoms with Crippen LogP contribution in [0.15, 0.2) is 11.6 Å². The Kier molecular flexibility index (Phi) is 9.28. The molecule has 0 aliphatic heterocycles. The van der Waals surface area contributed by atoms with Crippen LogP contribution >= 0.6 is 22.6 Å². The molecule has 2 nitrogen and oxygen atoms in total. The summed E-state index contributed by atoms with van der Waals surface area (Å²) in [6.07, 6.45) is 21.2. The van der Waals surface area contributed by atoms with E-state index in [1.165, 1.54) is 80.6 Å². The third-order valence-electron chi connectivity index (χ3n) is 10.4. The number of ketones is 1. The predicted octanol–water partition coefficient (Wildman–Crippen LogP) is 8.05. The number of allylic oxidation sites excluding steroid dienone is 1. The second-order valence-electron chi connectivity index (χ2n) is 12.4. The monoisotopic (exact) mass is 578 g/mol. The highest BCUT2D eigenvalue weighted by Crippen LogP contribution is 2.65. The zero-order valence-electron chi connectivity index (χ0n) is 21.7. The van der Waals surface area contributed by atoms with E-state index in [-0.39, 0.29) is 28.6 Å². The normalized spacial score (nSPS) is 38.9. The number of carbonyl (C=O) groups is 1. The molecule has 190 valence electrons. The molecule has 4 rings (SSSR count). The van der Waals surface area contributed by atoms with E-state index < -0.39 is 0 Å². The van der Waals surface area contributed by atoms with Crippen molar-refractivity contribution in [2.45, 2.75) is 123 Å². The Morgan fingerprint density at radius 2 is 1.68 bits per heavy atom. The summed E-state index contributed by atoms with van der Waals surface area (Å²) >= 11 is 2.47. The van der Waals surface area contributed by atoms with Crippen molar-refractivity contribution < 1.29 is 9.90 Å². The molecule has 0 aromatic carbocycles. The number of unbranched alkanes of at least 4 members (excludes halogenated alkanes) is 8. The van der Waals surface area contributed by atoms with Crippen molar-refractivity contribution in [2.75, 3.05) is 4.43 Å². The third kappa shape index (κ3) is 5.49. The van der Waals surface area contributed by atoms with Crippen LogP contribution < -0.4 is 0 Å². The van der Waals surface area contributed by atoms with E-state index in [1.54, 1.807) is 0 Å². The molecule has 4 aliphatic carbocycles. The molecule has 3 heteroatoms. The fourth-order valence-corrected chi connectivity index (χ4v) is 8.84. The van der Waals surface area contributed by atoms with Crippen LogP contribution in [-0.4, -0.2) is 21.4 Å². The first-order chi connectivity index (χ1) is 16.4. The summed E-state index contributed by atoms with van der Waals surface area (Å²) in [4.78, 5) is 12.9. The van der Waals surface area contributed by atoms with Crippen molar-refractivity contribution in [1.29, 1.82) is 0 Å². The van der Waals surface area contributed by atoms with E-state index in [2.05, 4.69) is 48.3 Å². The molecule has 0 amide bonds. The molecule has 0 radical (unpaired) electrons. The maximum Gasteiger partial charge on any atom is 0.170 e. The molecule has 0 spiro atoms. The van der Waals surface area contributed by atoms with E-state index in [0.29, 0.717) is 17.8 Å². The molecule has 0 aromatic rings.